The highest BCUT2D eigenvalue weighted by Crippen LogP contribution is 2.08. The van der Waals surface area contributed by atoms with E-state index in [0.717, 1.165) is 0 Å². The standard InChI is InChI=1S/C11H10N2O5/c1-6-4-9(18-13-6)10(14)12-5-7-2-3-8(17-7)11(15)16/h2-4H,5H2,1H3,(H,12,14)(H,15,16). The number of carboxylic acid groups (broad SMARTS) is 1. The molecular weight excluding hydrogens is 240 g/mol. The van der Waals surface area contributed by atoms with Crippen molar-refractivity contribution in [3.8, 4) is 0 Å². The number of nitrogens with zero attached hydrogens (tertiary/aromatic N) is 1. The second kappa shape index (κ2) is 4.74. The van der Waals surface area contributed by atoms with E-state index in [-0.39, 0.29) is 18.1 Å². The molecule has 94 valence electrons. The first-order valence-corrected chi connectivity index (χ1v) is 5.10. The molecule has 0 atom stereocenters. The minimum atomic E-state index is -1.15. The van der Waals surface area contributed by atoms with Crippen LogP contribution in [0.25, 0.3) is 0 Å². The predicted molar refractivity (Wildman–Crippen MR) is 58.1 cm³/mol. The fourth-order valence-corrected chi connectivity index (χ4v) is 1.31. The SMILES string of the molecule is Cc1cc(C(=O)NCc2ccc(C(=O)O)o2)on1. The first kappa shape index (κ1) is 11.9. The molecule has 2 rings (SSSR count). The molecule has 0 aliphatic heterocycles. The van der Waals surface area contributed by atoms with Gasteiger partial charge in [-0.3, -0.25) is 4.79 Å². The molecule has 0 bridgehead atoms. The van der Waals surface area contributed by atoms with Crippen LogP contribution in [0.15, 0.2) is 27.1 Å². The van der Waals surface area contributed by atoms with Gasteiger partial charge in [0.05, 0.1) is 12.2 Å². The average molecular weight is 250 g/mol. The molecule has 0 spiro atoms. The largest absolute Gasteiger partial charge is 0.475 e. The third-order valence-corrected chi connectivity index (χ3v) is 2.15. The van der Waals surface area contributed by atoms with E-state index in [0.29, 0.717) is 11.5 Å². The maximum Gasteiger partial charge on any atom is 0.371 e. The van der Waals surface area contributed by atoms with Crippen molar-refractivity contribution < 1.29 is 23.6 Å². The molecule has 0 aliphatic rings. The van der Waals surface area contributed by atoms with E-state index < -0.39 is 11.9 Å². The van der Waals surface area contributed by atoms with Crippen LogP contribution in [0.4, 0.5) is 0 Å². The van der Waals surface area contributed by atoms with Crippen LogP contribution in [-0.4, -0.2) is 22.1 Å². The molecule has 7 heteroatoms. The van der Waals surface area contributed by atoms with Crippen LogP contribution < -0.4 is 5.32 Å². The lowest BCUT2D eigenvalue weighted by Crippen LogP contribution is -2.21. The number of hydrogen-bond donors (Lipinski definition) is 2. The number of aromatic carboxylic acids is 1. The molecule has 2 N–H and O–H groups in total. The lowest BCUT2D eigenvalue weighted by atomic mass is 10.3. The summed E-state index contributed by atoms with van der Waals surface area (Å²) in [5.41, 5.74) is 0.603. The fraction of sp³-hybridized carbons (Fsp3) is 0.182. The van der Waals surface area contributed by atoms with Crippen LogP contribution in [-0.2, 0) is 6.54 Å². The van der Waals surface area contributed by atoms with Gasteiger partial charge in [0, 0.05) is 6.07 Å². The number of aryl methyl sites for hydroxylation is 1. The lowest BCUT2D eigenvalue weighted by molar-refractivity contribution is 0.0660. The summed E-state index contributed by atoms with van der Waals surface area (Å²) in [7, 11) is 0. The Labute approximate surface area is 101 Å². The van der Waals surface area contributed by atoms with Gasteiger partial charge in [-0.1, -0.05) is 5.16 Å². The zero-order valence-electron chi connectivity index (χ0n) is 9.47. The van der Waals surface area contributed by atoms with Crippen LogP contribution in [0.3, 0.4) is 0 Å². The summed E-state index contributed by atoms with van der Waals surface area (Å²) in [6.07, 6.45) is 0. The Morgan fingerprint density at radius 2 is 2.17 bits per heavy atom. The Kier molecular flexibility index (Phi) is 3.13. The summed E-state index contributed by atoms with van der Waals surface area (Å²) in [5, 5.41) is 14.8. The molecule has 0 unspecified atom stereocenters. The van der Waals surface area contributed by atoms with Crippen molar-refractivity contribution in [2.24, 2.45) is 0 Å². The van der Waals surface area contributed by atoms with Crippen LogP contribution in [0.5, 0.6) is 0 Å². The van der Waals surface area contributed by atoms with E-state index in [1.807, 2.05) is 0 Å². The molecule has 2 aromatic rings. The van der Waals surface area contributed by atoms with Crippen LogP contribution in [0.2, 0.25) is 0 Å². The second-order valence-electron chi connectivity index (χ2n) is 3.59. The van der Waals surface area contributed by atoms with Crippen molar-refractivity contribution in [2.75, 3.05) is 0 Å². The molecule has 2 aromatic heterocycles. The third-order valence-electron chi connectivity index (χ3n) is 2.15. The van der Waals surface area contributed by atoms with Gasteiger partial charge >= 0.3 is 5.97 Å². The number of furan rings is 1. The first-order valence-electron chi connectivity index (χ1n) is 5.10. The zero-order valence-corrected chi connectivity index (χ0v) is 9.47. The van der Waals surface area contributed by atoms with Crippen LogP contribution in [0, 0.1) is 6.92 Å². The highest BCUT2D eigenvalue weighted by Gasteiger charge is 2.13. The summed E-state index contributed by atoms with van der Waals surface area (Å²) in [5.74, 6) is -1.33. The summed E-state index contributed by atoms with van der Waals surface area (Å²) in [6.45, 7) is 1.78. The van der Waals surface area contributed by atoms with Crippen molar-refractivity contribution in [1.82, 2.24) is 10.5 Å². The zero-order chi connectivity index (χ0) is 13.1. The monoisotopic (exact) mass is 250 g/mol. The Hall–Kier alpha value is -2.57. The maximum absolute atomic E-state index is 11.6. The molecule has 7 nitrogen and oxygen atoms in total. The minimum absolute atomic E-state index is 0.0753. The molecule has 0 saturated carbocycles. The van der Waals surface area contributed by atoms with E-state index in [4.69, 9.17) is 14.0 Å². The number of rotatable bonds is 4. The summed E-state index contributed by atoms with van der Waals surface area (Å²) < 4.78 is 9.75. The molecular formula is C11H10N2O5. The predicted octanol–water partition coefficient (Wildman–Crippen LogP) is 1.20. The highest BCUT2D eigenvalue weighted by molar-refractivity contribution is 5.91. The fourth-order valence-electron chi connectivity index (χ4n) is 1.31. The summed E-state index contributed by atoms with van der Waals surface area (Å²) in [4.78, 5) is 22.1. The van der Waals surface area contributed by atoms with Gasteiger partial charge in [0.15, 0.2) is 0 Å². The van der Waals surface area contributed by atoms with E-state index in [9.17, 15) is 9.59 Å². The maximum atomic E-state index is 11.6. The normalized spacial score (nSPS) is 10.3. The second-order valence-corrected chi connectivity index (χ2v) is 3.59. The van der Waals surface area contributed by atoms with E-state index >= 15 is 0 Å². The quantitative estimate of drug-likeness (QED) is 0.844. The number of carboxylic acids is 1. The number of aromatic nitrogens is 1. The number of carbonyl (C=O) groups is 2. The third kappa shape index (κ3) is 2.57. The van der Waals surface area contributed by atoms with Gasteiger partial charge in [-0.15, -0.1) is 0 Å². The number of carbonyl (C=O) groups excluding carboxylic acids is 1. The van der Waals surface area contributed by atoms with Crippen LogP contribution >= 0.6 is 0 Å². The number of amides is 1. The van der Waals surface area contributed by atoms with Gasteiger partial charge in [-0.2, -0.15) is 0 Å². The van der Waals surface area contributed by atoms with E-state index in [1.165, 1.54) is 18.2 Å². The van der Waals surface area contributed by atoms with E-state index in [2.05, 4.69) is 10.5 Å². The molecule has 0 aromatic carbocycles. The van der Waals surface area contributed by atoms with Gasteiger partial charge in [-0.05, 0) is 19.1 Å². The molecule has 0 fully saturated rings. The molecule has 0 radical (unpaired) electrons. The van der Waals surface area contributed by atoms with Gasteiger partial charge in [0.1, 0.15) is 5.76 Å². The van der Waals surface area contributed by atoms with Gasteiger partial charge < -0.3 is 19.4 Å². The van der Waals surface area contributed by atoms with Crippen molar-refractivity contribution in [3.63, 3.8) is 0 Å². The van der Waals surface area contributed by atoms with Crippen LogP contribution in [0.1, 0.15) is 32.6 Å². The van der Waals surface area contributed by atoms with Gasteiger partial charge in [0.25, 0.3) is 5.91 Å². The first-order chi connectivity index (χ1) is 8.56. The number of hydrogen-bond acceptors (Lipinski definition) is 5. The van der Waals surface area contributed by atoms with Crippen molar-refractivity contribution in [1.29, 1.82) is 0 Å². The Balaban J connectivity index is 1.95. The number of nitrogens with one attached hydrogen (secondary N) is 1. The van der Waals surface area contributed by atoms with Crippen molar-refractivity contribution in [2.45, 2.75) is 13.5 Å². The van der Waals surface area contributed by atoms with Crippen molar-refractivity contribution in [3.05, 3.63) is 41.2 Å². The van der Waals surface area contributed by atoms with Gasteiger partial charge in [0.2, 0.25) is 11.5 Å². The average Bonchev–Trinajstić information content (AvgIpc) is 2.94. The Morgan fingerprint density at radius 3 is 2.72 bits per heavy atom. The smallest absolute Gasteiger partial charge is 0.371 e. The lowest BCUT2D eigenvalue weighted by Gasteiger charge is -1.98. The molecule has 2 heterocycles. The highest BCUT2D eigenvalue weighted by atomic mass is 16.5. The molecule has 1 amide bonds. The van der Waals surface area contributed by atoms with Crippen molar-refractivity contribution >= 4 is 11.9 Å². The molecule has 0 aliphatic carbocycles. The van der Waals surface area contributed by atoms with E-state index in [1.54, 1.807) is 6.92 Å². The molecule has 0 saturated heterocycles. The Bertz CT molecular complexity index is 584. The van der Waals surface area contributed by atoms with Gasteiger partial charge in [-0.25, -0.2) is 4.79 Å². The summed E-state index contributed by atoms with van der Waals surface area (Å²) >= 11 is 0. The summed E-state index contributed by atoms with van der Waals surface area (Å²) in [6, 6.07) is 4.30. The Morgan fingerprint density at radius 1 is 1.39 bits per heavy atom. The molecule has 18 heavy (non-hydrogen) atoms. The minimum Gasteiger partial charge on any atom is -0.475 e. The topological polar surface area (TPSA) is 106 Å².